The summed E-state index contributed by atoms with van der Waals surface area (Å²) in [5.41, 5.74) is 0.880. The van der Waals surface area contributed by atoms with Crippen LogP contribution >= 0.6 is 11.6 Å². The zero-order chi connectivity index (χ0) is 14.2. The lowest BCUT2D eigenvalue weighted by Gasteiger charge is -2.12. The first-order valence-corrected chi connectivity index (χ1v) is 5.89. The van der Waals surface area contributed by atoms with Gasteiger partial charge < -0.3 is 5.11 Å². The average molecular weight is 279 g/mol. The van der Waals surface area contributed by atoms with Crippen LogP contribution in [-0.4, -0.2) is 20.9 Å². The van der Waals surface area contributed by atoms with Crippen molar-refractivity contribution in [1.82, 2.24) is 9.78 Å². The average Bonchev–Trinajstić information content (AvgIpc) is 2.30. The molecule has 0 unspecified atom stereocenters. The van der Waals surface area contributed by atoms with Crippen molar-refractivity contribution in [1.29, 1.82) is 0 Å². The van der Waals surface area contributed by atoms with Gasteiger partial charge in [-0.1, -0.05) is 17.7 Å². The largest absolute Gasteiger partial charge is 0.476 e. The predicted molar refractivity (Wildman–Crippen MR) is 71.3 cm³/mol. The van der Waals surface area contributed by atoms with Gasteiger partial charge in [-0.2, -0.15) is 5.10 Å². The van der Waals surface area contributed by atoms with Gasteiger partial charge in [0, 0.05) is 11.8 Å². The highest BCUT2D eigenvalue weighted by molar-refractivity contribution is 6.32. The van der Waals surface area contributed by atoms with Crippen molar-refractivity contribution in [3.63, 3.8) is 0 Å². The molecule has 2 aromatic rings. The van der Waals surface area contributed by atoms with Crippen molar-refractivity contribution in [3.8, 4) is 5.69 Å². The van der Waals surface area contributed by atoms with Crippen molar-refractivity contribution in [3.05, 3.63) is 56.5 Å². The van der Waals surface area contributed by atoms with E-state index in [9.17, 15) is 9.59 Å². The number of halogens is 1. The number of aromatic nitrogens is 2. The summed E-state index contributed by atoms with van der Waals surface area (Å²) in [5.74, 6) is -1.36. The molecular formula is C13H11ClN2O3. The van der Waals surface area contributed by atoms with Crippen LogP contribution < -0.4 is 5.43 Å². The number of rotatable bonds is 2. The molecule has 0 bridgehead atoms. The van der Waals surface area contributed by atoms with Crippen molar-refractivity contribution >= 4 is 17.6 Å². The number of carboxylic acid groups (broad SMARTS) is 1. The molecule has 0 spiro atoms. The molecule has 2 rings (SSSR count). The van der Waals surface area contributed by atoms with E-state index < -0.39 is 17.1 Å². The molecule has 98 valence electrons. The third-order valence-corrected chi connectivity index (χ3v) is 2.94. The highest BCUT2D eigenvalue weighted by atomic mass is 35.5. The molecule has 0 aliphatic rings. The lowest BCUT2D eigenvalue weighted by Crippen LogP contribution is -2.22. The molecule has 5 nitrogen and oxygen atoms in total. The second-order valence-corrected chi connectivity index (χ2v) is 4.58. The molecule has 0 saturated heterocycles. The molecule has 1 aromatic heterocycles. The second-order valence-electron chi connectivity index (χ2n) is 4.17. The Labute approximate surface area is 114 Å². The summed E-state index contributed by atoms with van der Waals surface area (Å²) >= 11 is 6.12. The minimum atomic E-state index is -1.36. The van der Waals surface area contributed by atoms with Crippen molar-refractivity contribution in [2.24, 2.45) is 0 Å². The molecular weight excluding hydrogens is 268 g/mol. The summed E-state index contributed by atoms with van der Waals surface area (Å²) in [4.78, 5) is 22.5. The standard InChI is InChI=1S/C13H11ClN2O3/c1-7-3-4-10(9(14)5-7)16-8(2)6-11(17)12(15-16)13(18)19/h3-6H,1-2H3,(H,18,19). The molecule has 0 aliphatic heterocycles. The minimum Gasteiger partial charge on any atom is -0.476 e. The van der Waals surface area contributed by atoms with Crippen LogP contribution in [0.1, 0.15) is 21.7 Å². The van der Waals surface area contributed by atoms with Gasteiger partial charge in [-0.3, -0.25) is 4.79 Å². The van der Waals surface area contributed by atoms with E-state index in [1.165, 1.54) is 10.7 Å². The Hall–Kier alpha value is -2.14. The Morgan fingerprint density at radius 2 is 2.00 bits per heavy atom. The van der Waals surface area contributed by atoms with Gasteiger partial charge in [0.25, 0.3) is 0 Å². The van der Waals surface area contributed by atoms with Gasteiger partial charge in [0.2, 0.25) is 11.1 Å². The number of nitrogens with zero attached hydrogens (tertiary/aromatic N) is 2. The Balaban J connectivity index is 2.71. The van der Waals surface area contributed by atoms with Gasteiger partial charge >= 0.3 is 5.97 Å². The molecule has 1 aromatic carbocycles. The molecule has 1 heterocycles. The SMILES string of the molecule is Cc1ccc(-n2nc(C(=O)O)c(=O)cc2C)c(Cl)c1. The number of aromatic carboxylic acids is 1. The summed E-state index contributed by atoms with van der Waals surface area (Å²) in [6, 6.07) is 6.54. The van der Waals surface area contributed by atoms with Gasteiger partial charge in [0.15, 0.2) is 0 Å². The van der Waals surface area contributed by atoms with E-state index in [-0.39, 0.29) is 0 Å². The molecule has 0 aliphatic carbocycles. The summed E-state index contributed by atoms with van der Waals surface area (Å²) < 4.78 is 1.35. The number of hydrogen-bond acceptors (Lipinski definition) is 3. The Kier molecular flexibility index (Phi) is 3.40. The van der Waals surface area contributed by atoms with Gasteiger partial charge in [-0.05, 0) is 31.5 Å². The molecule has 19 heavy (non-hydrogen) atoms. The highest BCUT2D eigenvalue weighted by Crippen LogP contribution is 2.21. The smallest absolute Gasteiger partial charge is 0.360 e. The molecule has 1 N–H and O–H groups in total. The summed E-state index contributed by atoms with van der Waals surface area (Å²) in [7, 11) is 0. The maximum Gasteiger partial charge on any atom is 0.360 e. The molecule has 0 atom stereocenters. The van der Waals surface area contributed by atoms with Gasteiger partial charge in [0.05, 0.1) is 10.7 Å². The van der Waals surface area contributed by atoms with Crippen LogP contribution in [-0.2, 0) is 0 Å². The lowest BCUT2D eigenvalue weighted by atomic mass is 10.2. The lowest BCUT2D eigenvalue weighted by molar-refractivity contribution is 0.0686. The quantitative estimate of drug-likeness (QED) is 0.914. The topological polar surface area (TPSA) is 72.2 Å². The summed E-state index contributed by atoms with van der Waals surface area (Å²) in [6.07, 6.45) is 0. The van der Waals surface area contributed by atoms with Crippen LogP contribution in [0.2, 0.25) is 5.02 Å². The predicted octanol–water partition coefficient (Wildman–Crippen LogP) is 2.20. The first-order chi connectivity index (χ1) is 8.90. The van der Waals surface area contributed by atoms with Crippen molar-refractivity contribution < 1.29 is 9.90 Å². The van der Waals surface area contributed by atoms with E-state index >= 15 is 0 Å². The van der Waals surface area contributed by atoms with E-state index in [0.717, 1.165) is 5.56 Å². The molecule has 0 fully saturated rings. The number of carbonyl (C=O) groups is 1. The molecule has 0 radical (unpaired) electrons. The summed E-state index contributed by atoms with van der Waals surface area (Å²) in [5, 5.41) is 13.2. The van der Waals surface area contributed by atoms with Crippen LogP contribution in [0.25, 0.3) is 5.69 Å². The maximum atomic E-state index is 11.5. The van der Waals surface area contributed by atoms with E-state index in [4.69, 9.17) is 16.7 Å². The zero-order valence-electron chi connectivity index (χ0n) is 10.3. The van der Waals surface area contributed by atoms with Crippen LogP contribution in [0.15, 0.2) is 29.1 Å². The van der Waals surface area contributed by atoms with Gasteiger partial charge in [-0.25, -0.2) is 9.48 Å². The number of aryl methyl sites for hydroxylation is 2. The van der Waals surface area contributed by atoms with Crippen LogP contribution in [0.4, 0.5) is 0 Å². The number of hydrogen-bond donors (Lipinski definition) is 1. The van der Waals surface area contributed by atoms with Crippen molar-refractivity contribution in [2.75, 3.05) is 0 Å². The highest BCUT2D eigenvalue weighted by Gasteiger charge is 2.14. The van der Waals surface area contributed by atoms with E-state index in [1.54, 1.807) is 19.1 Å². The normalized spacial score (nSPS) is 10.5. The Bertz CT molecular complexity index is 722. The minimum absolute atomic E-state index is 0.440. The summed E-state index contributed by atoms with van der Waals surface area (Å²) in [6.45, 7) is 3.56. The fraction of sp³-hybridized carbons (Fsp3) is 0.154. The fourth-order valence-electron chi connectivity index (χ4n) is 1.72. The van der Waals surface area contributed by atoms with E-state index in [1.807, 2.05) is 13.0 Å². The monoisotopic (exact) mass is 278 g/mol. The van der Waals surface area contributed by atoms with Gasteiger partial charge in [-0.15, -0.1) is 0 Å². The first kappa shape index (κ1) is 13.3. The molecule has 0 saturated carbocycles. The Morgan fingerprint density at radius 1 is 1.32 bits per heavy atom. The van der Waals surface area contributed by atoms with E-state index in [2.05, 4.69) is 5.10 Å². The third-order valence-electron chi connectivity index (χ3n) is 2.64. The first-order valence-electron chi connectivity index (χ1n) is 5.51. The number of carboxylic acids is 1. The van der Waals surface area contributed by atoms with Gasteiger partial charge in [0.1, 0.15) is 0 Å². The second kappa shape index (κ2) is 4.85. The van der Waals surface area contributed by atoms with Crippen LogP contribution in [0.3, 0.4) is 0 Å². The zero-order valence-corrected chi connectivity index (χ0v) is 11.1. The third kappa shape index (κ3) is 2.51. The van der Waals surface area contributed by atoms with Crippen LogP contribution in [0, 0.1) is 13.8 Å². The maximum absolute atomic E-state index is 11.5. The molecule has 0 amide bonds. The molecule has 6 heteroatoms. The number of benzene rings is 1. The van der Waals surface area contributed by atoms with Crippen LogP contribution in [0.5, 0.6) is 0 Å². The Morgan fingerprint density at radius 3 is 2.58 bits per heavy atom. The van der Waals surface area contributed by atoms with E-state index in [0.29, 0.717) is 16.4 Å². The van der Waals surface area contributed by atoms with Crippen molar-refractivity contribution in [2.45, 2.75) is 13.8 Å². The fourth-order valence-corrected chi connectivity index (χ4v) is 2.04.